The van der Waals surface area contributed by atoms with Crippen molar-refractivity contribution in [1.82, 2.24) is 4.98 Å². The second kappa shape index (κ2) is 2.94. The summed E-state index contributed by atoms with van der Waals surface area (Å²) in [4.78, 5) is 6.75. The van der Waals surface area contributed by atoms with E-state index in [1.165, 1.54) is 6.42 Å². The Kier molecular flexibility index (Phi) is 1.82. The molecule has 2 aliphatic rings. The first-order chi connectivity index (χ1) is 6.80. The Morgan fingerprint density at radius 2 is 2.29 bits per heavy atom. The molecule has 74 valence electrons. The van der Waals surface area contributed by atoms with Gasteiger partial charge in [0.2, 0.25) is 0 Å². The summed E-state index contributed by atoms with van der Waals surface area (Å²) < 4.78 is 6.31. The second-order valence-corrected chi connectivity index (χ2v) is 4.87. The highest BCUT2D eigenvalue weighted by Gasteiger charge is 2.51. The van der Waals surface area contributed by atoms with Crippen LogP contribution in [0.5, 0.6) is 0 Å². The highest BCUT2D eigenvalue weighted by molar-refractivity contribution is 9.10. The van der Waals surface area contributed by atoms with Crippen molar-refractivity contribution in [1.29, 1.82) is 0 Å². The van der Waals surface area contributed by atoms with Gasteiger partial charge in [-0.05, 0) is 34.5 Å². The van der Waals surface area contributed by atoms with Gasteiger partial charge in [0.1, 0.15) is 5.82 Å². The zero-order chi connectivity index (χ0) is 9.60. The van der Waals surface area contributed by atoms with Gasteiger partial charge in [-0.2, -0.15) is 0 Å². The molecule has 0 aromatic carbocycles. The molecule has 0 saturated carbocycles. The molecule has 0 unspecified atom stereocenters. The highest BCUT2D eigenvalue weighted by atomic mass is 79.9. The van der Waals surface area contributed by atoms with Crippen molar-refractivity contribution in [3.8, 4) is 0 Å². The normalized spacial score (nSPS) is 23.1. The summed E-state index contributed by atoms with van der Waals surface area (Å²) in [6.07, 6.45) is 3.09. The SMILES string of the molecule is Brc1ccc(N2CCC23COC3)nc1. The first-order valence-electron chi connectivity index (χ1n) is 4.77. The predicted octanol–water partition coefficient (Wildman–Crippen LogP) is 1.82. The van der Waals surface area contributed by atoms with Crippen LogP contribution in [0.25, 0.3) is 0 Å². The average Bonchev–Trinajstić information content (AvgIpc) is 2.04. The summed E-state index contributed by atoms with van der Waals surface area (Å²) in [5.74, 6) is 1.07. The van der Waals surface area contributed by atoms with Gasteiger partial charge in [-0.25, -0.2) is 4.98 Å². The molecule has 3 rings (SSSR count). The van der Waals surface area contributed by atoms with E-state index >= 15 is 0 Å². The molecule has 0 N–H and O–H groups in total. The van der Waals surface area contributed by atoms with Gasteiger partial charge in [-0.15, -0.1) is 0 Å². The minimum Gasteiger partial charge on any atom is -0.376 e. The van der Waals surface area contributed by atoms with Crippen molar-refractivity contribution in [2.75, 3.05) is 24.7 Å². The predicted molar refractivity (Wildman–Crippen MR) is 57.5 cm³/mol. The molecule has 0 atom stereocenters. The quantitative estimate of drug-likeness (QED) is 0.765. The Morgan fingerprint density at radius 3 is 2.71 bits per heavy atom. The summed E-state index contributed by atoms with van der Waals surface area (Å²) in [6.45, 7) is 2.84. The van der Waals surface area contributed by atoms with E-state index in [-0.39, 0.29) is 0 Å². The third-order valence-corrected chi connectivity index (χ3v) is 3.57. The molecule has 1 aromatic heterocycles. The Morgan fingerprint density at radius 1 is 1.43 bits per heavy atom. The minimum atomic E-state index is 0.292. The summed E-state index contributed by atoms with van der Waals surface area (Å²) in [7, 11) is 0. The fourth-order valence-corrected chi connectivity index (χ4v) is 2.30. The second-order valence-electron chi connectivity index (χ2n) is 3.95. The van der Waals surface area contributed by atoms with E-state index < -0.39 is 0 Å². The molecule has 0 aliphatic carbocycles. The van der Waals surface area contributed by atoms with E-state index in [9.17, 15) is 0 Å². The van der Waals surface area contributed by atoms with Crippen molar-refractivity contribution < 1.29 is 4.74 Å². The fraction of sp³-hybridized carbons (Fsp3) is 0.500. The van der Waals surface area contributed by atoms with Gasteiger partial charge in [0.05, 0.1) is 18.8 Å². The lowest BCUT2D eigenvalue weighted by Gasteiger charge is -2.58. The number of halogens is 1. The van der Waals surface area contributed by atoms with Crippen LogP contribution in [0.2, 0.25) is 0 Å². The molecule has 2 fully saturated rings. The van der Waals surface area contributed by atoms with Crippen LogP contribution in [0.3, 0.4) is 0 Å². The molecule has 0 amide bonds. The first-order valence-corrected chi connectivity index (χ1v) is 5.56. The molecule has 1 spiro atoms. The van der Waals surface area contributed by atoms with Gasteiger partial charge in [-0.1, -0.05) is 0 Å². The van der Waals surface area contributed by atoms with Crippen LogP contribution >= 0.6 is 15.9 Å². The van der Waals surface area contributed by atoms with Crippen molar-refractivity contribution in [2.45, 2.75) is 12.0 Å². The van der Waals surface area contributed by atoms with E-state index in [1.54, 1.807) is 0 Å². The van der Waals surface area contributed by atoms with E-state index in [4.69, 9.17) is 4.74 Å². The van der Waals surface area contributed by atoms with E-state index in [0.29, 0.717) is 5.54 Å². The van der Waals surface area contributed by atoms with Gasteiger partial charge in [-0.3, -0.25) is 0 Å². The smallest absolute Gasteiger partial charge is 0.129 e. The summed E-state index contributed by atoms with van der Waals surface area (Å²) in [5, 5.41) is 0. The molecule has 14 heavy (non-hydrogen) atoms. The zero-order valence-electron chi connectivity index (χ0n) is 7.74. The van der Waals surface area contributed by atoms with Gasteiger partial charge in [0, 0.05) is 17.2 Å². The maximum absolute atomic E-state index is 5.28. The molecule has 2 saturated heterocycles. The number of nitrogens with zero attached hydrogens (tertiary/aromatic N) is 2. The van der Waals surface area contributed by atoms with Crippen LogP contribution in [0.4, 0.5) is 5.82 Å². The number of ether oxygens (including phenoxy) is 1. The van der Waals surface area contributed by atoms with Gasteiger partial charge in [0.25, 0.3) is 0 Å². The monoisotopic (exact) mass is 254 g/mol. The molecule has 2 aliphatic heterocycles. The molecular formula is C10H11BrN2O. The van der Waals surface area contributed by atoms with E-state index in [0.717, 1.165) is 30.0 Å². The first kappa shape index (κ1) is 8.68. The standard InChI is InChI=1S/C10H11BrN2O/c11-8-1-2-9(12-5-8)13-4-3-10(13)6-14-7-10/h1-2,5H,3-4,6-7H2. The van der Waals surface area contributed by atoms with Gasteiger partial charge < -0.3 is 9.64 Å². The van der Waals surface area contributed by atoms with E-state index in [1.807, 2.05) is 12.3 Å². The van der Waals surface area contributed by atoms with Gasteiger partial charge >= 0.3 is 0 Å². The Balaban J connectivity index is 1.85. The lowest BCUT2D eigenvalue weighted by Crippen LogP contribution is -2.71. The van der Waals surface area contributed by atoms with Crippen LogP contribution in [-0.4, -0.2) is 30.3 Å². The summed E-state index contributed by atoms with van der Waals surface area (Å²) >= 11 is 3.39. The Bertz CT molecular complexity index is 342. The Hall–Kier alpha value is -0.610. The lowest BCUT2D eigenvalue weighted by atomic mass is 9.83. The van der Waals surface area contributed by atoms with Crippen molar-refractivity contribution in [3.63, 3.8) is 0 Å². The van der Waals surface area contributed by atoms with Crippen molar-refractivity contribution in [2.24, 2.45) is 0 Å². The number of hydrogen-bond acceptors (Lipinski definition) is 3. The van der Waals surface area contributed by atoms with Crippen LogP contribution in [0.1, 0.15) is 6.42 Å². The molecule has 3 heterocycles. The largest absolute Gasteiger partial charge is 0.376 e. The molecule has 3 nitrogen and oxygen atoms in total. The molecule has 1 aromatic rings. The number of anilines is 1. The van der Waals surface area contributed by atoms with Crippen LogP contribution < -0.4 is 4.90 Å². The topological polar surface area (TPSA) is 25.4 Å². The maximum atomic E-state index is 5.28. The van der Waals surface area contributed by atoms with Crippen molar-refractivity contribution >= 4 is 21.7 Å². The minimum absolute atomic E-state index is 0.292. The summed E-state index contributed by atoms with van der Waals surface area (Å²) in [6, 6.07) is 4.09. The highest BCUT2D eigenvalue weighted by Crippen LogP contribution is 2.40. The third kappa shape index (κ3) is 1.10. The lowest BCUT2D eigenvalue weighted by molar-refractivity contribution is -0.0851. The zero-order valence-corrected chi connectivity index (χ0v) is 9.33. The van der Waals surface area contributed by atoms with Crippen LogP contribution in [-0.2, 0) is 4.74 Å². The van der Waals surface area contributed by atoms with E-state index in [2.05, 4.69) is 31.9 Å². The summed E-state index contributed by atoms with van der Waals surface area (Å²) in [5.41, 5.74) is 0.292. The Labute approximate surface area is 91.2 Å². The fourth-order valence-electron chi connectivity index (χ4n) is 2.06. The molecular weight excluding hydrogens is 244 g/mol. The molecule has 4 heteroatoms. The number of rotatable bonds is 1. The maximum Gasteiger partial charge on any atom is 0.129 e. The number of pyridine rings is 1. The molecule has 0 radical (unpaired) electrons. The van der Waals surface area contributed by atoms with Crippen molar-refractivity contribution in [3.05, 3.63) is 22.8 Å². The third-order valence-electron chi connectivity index (χ3n) is 3.10. The van der Waals surface area contributed by atoms with Crippen LogP contribution in [0, 0.1) is 0 Å². The average molecular weight is 255 g/mol. The number of hydrogen-bond donors (Lipinski definition) is 0. The molecule has 0 bridgehead atoms. The number of aromatic nitrogens is 1. The van der Waals surface area contributed by atoms with Crippen LogP contribution in [0.15, 0.2) is 22.8 Å². The van der Waals surface area contributed by atoms with Gasteiger partial charge in [0.15, 0.2) is 0 Å².